The molecule has 21 heavy (non-hydrogen) atoms. The molecular weight excluding hydrogens is 292 g/mol. The fourth-order valence-electron chi connectivity index (χ4n) is 1.62. The van der Waals surface area contributed by atoms with Crippen LogP contribution in [0.5, 0.6) is 0 Å². The van der Waals surface area contributed by atoms with E-state index < -0.39 is 22.8 Å². The fraction of sp³-hybridized carbons (Fsp3) is 0.429. The van der Waals surface area contributed by atoms with E-state index in [-0.39, 0.29) is 11.7 Å². The maximum Gasteiger partial charge on any atom is 0.319 e. The molecule has 0 fully saturated rings. The lowest BCUT2D eigenvalue weighted by Gasteiger charge is -2.13. The number of carboxylic acids is 1. The van der Waals surface area contributed by atoms with Crippen molar-refractivity contribution in [2.45, 2.75) is 25.0 Å². The molecule has 0 aliphatic rings. The van der Waals surface area contributed by atoms with Crippen LogP contribution in [0.1, 0.15) is 18.9 Å². The molecule has 3 N–H and O–H groups in total. The van der Waals surface area contributed by atoms with Gasteiger partial charge in [-0.2, -0.15) is 0 Å². The first-order valence-electron chi connectivity index (χ1n) is 6.57. The third kappa shape index (κ3) is 6.40. The largest absolute Gasteiger partial charge is 0.481 e. The summed E-state index contributed by atoms with van der Waals surface area (Å²) in [6.07, 6.45) is 1.94. The van der Waals surface area contributed by atoms with E-state index in [0.29, 0.717) is 18.7 Å². The number of para-hydroxylation sites is 1. The first-order valence-corrected chi connectivity index (χ1v) is 8.19. The highest BCUT2D eigenvalue weighted by atomic mass is 32.2. The molecule has 1 aromatic carbocycles. The zero-order valence-corrected chi connectivity index (χ0v) is 12.9. The van der Waals surface area contributed by atoms with Gasteiger partial charge in [0.1, 0.15) is 0 Å². The van der Waals surface area contributed by atoms with Crippen LogP contribution in [-0.4, -0.2) is 39.4 Å². The Morgan fingerprint density at radius 2 is 2.00 bits per heavy atom. The monoisotopic (exact) mass is 312 g/mol. The van der Waals surface area contributed by atoms with E-state index in [2.05, 4.69) is 10.6 Å². The Balaban J connectivity index is 2.59. The van der Waals surface area contributed by atoms with Gasteiger partial charge in [0.05, 0.1) is 0 Å². The lowest BCUT2D eigenvalue weighted by molar-refractivity contribution is -0.136. The van der Waals surface area contributed by atoms with Crippen LogP contribution in [0.15, 0.2) is 24.3 Å². The van der Waals surface area contributed by atoms with Crippen LogP contribution < -0.4 is 10.6 Å². The van der Waals surface area contributed by atoms with Crippen molar-refractivity contribution in [3.8, 4) is 0 Å². The summed E-state index contributed by atoms with van der Waals surface area (Å²) >= 11 is 0. The van der Waals surface area contributed by atoms with Crippen LogP contribution in [0.3, 0.4) is 0 Å². The normalized spacial score (nSPS) is 13.2. The molecule has 116 valence electrons. The van der Waals surface area contributed by atoms with E-state index >= 15 is 0 Å². The van der Waals surface area contributed by atoms with Crippen molar-refractivity contribution < 1.29 is 18.9 Å². The predicted molar refractivity (Wildman–Crippen MR) is 82.9 cm³/mol. The molecule has 0 saturated carbocycles. The molecule has 2 atom stereocenters. The number of urea groups is 1. The molecule has 0 spiro atoms. The first-order chi connectivity index (χ1) is 9.90. The maximum atomic E-state index is 11.8. The number of hydrogen-bond acceptors (Lipinski definition) is 3. The summed E-state index contributed by atoms with van der Waals surface area (Å²) in [4.78, 5) is 22.4. The van der Waals surface area contributed by atoms with E-state index in [1.54, 1.807) is 37.4 Å². The Bertz CT molecular complexity index is 533. The molecule has 1 aromatic rings. The molecule has 0 saturated heterocycles. The lowest BCUT2D eigenvalue weighted by Crippen LogP contribution is -2.35. The van der Waals surface area contributed by atoms with Crippen molar-refractivity contribution in [3.05, 3.63) is 29.8 Å². The number of aryl methyl sites for hydroxylation is 1. The Morgan fingerprint density at radius 3 is 2.62 bits per heavy atom. The lowest BCUT2D eigenvalue weighted by atomic mass is 10.1. The van der Waals surface area contributed by atoms with Gasteiger partial charge in [0.15, 0.2) is 0 Å². The minimum atomic E-state index is -0.994. The van der Waals surface area contributed by atoms with Gasteiger partial charge in [0, 0.05) is 41.0 Å². The topological polar surface area (TPSA) is 95.5 Å². The molecule has 0 radical (unpaired) electrons. The molecule has 0 aliphatic heterocycles. The Hall–Kier alpha value is -1.89. The molecule has 6 nitrogen and oxygen atoms in total. The highest BCUT2D eigenvalue weighted by molar-refractivity contribution is 7.84. The number of aliphatic carboxylic acids is 1. The van der Waals surface area contributed by atoms with E-state index in [9.17, 15) is 13.8 Å². The number of rotatable bonds is 7. The molecule has 0 aliphatic carbocycles. The van der Waals surface area contributed by atoms with E-state index in [0.717, 1.165) is 5.56 Å². The van der Waals surface area contributed by atoms with Gasteiger partial charge >= 0.3 is 12.0 Å². The molecule has 0 aromatic heterocycles. The second-order valence-corrected chi connectivity index (χ2v) is 6.50. The SMILES string of the molecule is CC(CNC(=O)Nc1ccccc1CCC(=O)O)S(C)=O. The Kier molecular flexibility index (Phi) is 6.87. The second-order valence-electron chi connectivity index (χ2n) is 4.70. The van der Waals surface area contributed by atoms with Crippen molar-refractivity contribution in [3.63, 3.8) is 0 Å². The van der Waals surface area contributed by atoms with Crippen LogP contribution in [0.25, 0.3) is 0 Å². The second kappa shape index (κ2) is 8.41. The van der Waals surface area contributed by atoms with Crippen molar-refractivity contribution in [1.82, 2.24) is 5.32 Å². The van der Waals surface area contributed by atoms with Gasteiger partial charge in [-0.15, -0.1) is 0 Å². The van der Waals surface area contributed by atoms with E-state index in [4.69, 9.17) is 5.11 Å². The minimum absolute atomic E-state index is 0.00611. The van der Waals surface area contributed by atoms with Crippen LogP contribution in [0.2, 0.25) is 0 Å². The summed E-state index contributed by atoms with van der Waals surface area (Å²) in [5, 5.41) is 13.9. The zero-order valence-electron chi connectivity index (χ0n) is 12.1. The highest BCUT2D eigenvalue weighted by Crippen LogP contribution is 2.16. The highest BCUT2D eigenvalue weighted by Gasteiger charge is 2.10. The van der Waals surface area contributed by atoms with Gasteiger partial charge in [-0.25, -0.2) is 4.79 Å². The summed E-state index contributed by atoms with van der Waals surface area (Å²) in [5.41, 5.74) is 1.35. The number of carbonyl (C=O) groups is 2. The molecular formula is C14H20N2O4S. The van der Waals surface area contributed by atoms with Gasteiger partial charge in [0.2, 0.25) is 0 Å². The number of anilines is 1. The van der Waals surface area contributed by atoms with Crippen molar-refractivity contribution in [1.29, 1.82) is 0 Å². The molecule has 1 rings (SSSR count). The van der Waals surface area contributed by atoms with Gasteiger partial charge in [-0.1, -0.05) is 18.2 Å². The molecule has 2 unspecified atom stereocenters. The summed E-state index contributed by atoms with van der Waals surface area (Å²) in [7, 11) is -0.994. The van der Waals surface area contributed by atoms with Crippen molar-refractivity contribution in [2.24, 2.45) is 0 Å². The Morgan fingerprint density at radius 1 is 1.33 bits per heavy atom. The standard InChI is InChI=1S/C14H20N2O4S/c1-10(21(2)20)9-15-14(19)16-12-6-4-3-5-11(12)7-8-13(17)18/h3-6,10H,7-9H2,1-2H3,(H,17,18)(H2,15,16,19). The van der Waals surface area contributed by atoms with Crippen LogP contribution >= 0.6 is 0 Å². The quantitative estimate of drug-likeness (QED) is 0.712. The van der Waals surface area contributed by atoms with Crippen LogP contribution in [0.4, 0.5) is 10.5 Å². The summed E-state index contributed by atoms with van der Waals surface area (Å²) < 4.78 is 11.2. The molecule has 7 heteroatoms. The summed E-state index contributed by atoms with van der Waals surface area (Å²) in [5.74, 6) is -0.881. The summed E-state index contributed by atoms with van der Waals surface area (Å²) in [6, 6.07) is 6.67. The number of hydrogen-bond donors (Lipinski definition) is 3. The third-order valence-electron chi connectivity index (χ3n) is 2.99. The van der Waals surface area contributed by atoms with E-state index in [1.807, 2.05) is 0 Å². The predicted octanol–water partition coefficient (Wildman–Crippen LogP) is 1.59. The van der Waals surface area contributed by atoms with Crippen molar-refractivity contribution >= 4 is 28.5 Å². The number of carboxylic acid groups (broad SMARTS) is 1. The van der Waals surface area contributed by atoms with Gasteiger partial charge in [-0.05, 0) is 25.0 Å². The molecule has 2 amide bonds. The average molecular weight is 312 g/mol. The molecule has 0 bridgehead atoms. The van der Waals surface area contributed by atoms with Gasteiger partial charge in [0.25, 0.3) is 0 Å². The molecule has 0 heterocycles. The minimum Gasteiger partial charge on any atom is -0.481 e. The number of carbonyl (C=O) groups excluding carboxylic acids is 1. The summed E-state index contributed by atoms with van der Waals surface area (Å²) in [6.45, 7) is 2.10. The zero-order chi connectivity index (χ0) is 15.8. The Labute approximate surface area is 126 Å². The van der Waals surface area contributed by atoms with Crippen LogP contribution in [-0.2, 0) is 22.0 Å². The van der Waals surface area contributed by atoms with Crippen LogP contribution in [0, 0.1) is 0 Å². The van der Waals surface area contributed by atoms with E-state index in [1.165, 1.54) is 0 Å². The smallest absolute Gasteiger partial charge is 0.319 e. The maximum absolute atomic E-state index is 11.8. The average Bonchev–Trinajstić information content (AvgIpc) is 2.43. The third-order valence-corrected chi connectivity index (χ3v) is 4.29. The fourth-order valence-corrected chi connectivity index (χ4v) is 1.94. The van der Waals surface area contributed by atoms with Gasteiger partial charge in [-0.3, -0.25) is 9.00 Å². The number of nitrogens with one attached hydrogen (secondary N) is 2. The number of benzene rings is 1. The first kappa shape index (κ1) is 17.2. The van der Waals surface area contributed by atoms with Crippen molar-refractivity contribution in [2.75, 3.05) is 18.1 Å². The number of amides is 2. The van der Waals surface area contributed by atoms with Gasteiger partial charge < -0.3 is 15.7 Å².